The van der Waals surface area contributed by atoms with Crippen LogP contribution in [0.4, 0.5) is 11.4 Å². The van der Waals surface area contributed by atoms with Crippen LogP contribution in [0.15, 0.2) is 59.7 Å². The molecule has 0 spiro atoms. The Morgan fingerprint density at radius 2 is 0.868 bits per heavy atom. The molecule has 0 aromatic heterocycles. The minimum absolute atomic E-state index is 0.207. The highest BCUT2D eigenvalue weighted by Crippen LogP contribution is 2.30. The first-order valence-electron chi connectivity index (χ1n) is 15.2. The van der Waals surface area contributed by atoms with E-state index in [9.17, 15) is 4.79 Å². The highest BCUT2D eigenvalue weighted by Gasteiger charge is 2.23. The van der Waals surface area contributed by atoms with Crippen molar-refractivity contribution in [1.82, 2.24) is 0 Å². The monoisotopic (exact) mass is 514 g/mol. The third kappa shape index (κ3) is 8.89. The molecule has 2 aromatic rings. The molecule has 38 heavy (non-hydrogen) atoms. The number of hydrogen-bond donors (Lipinski definition) is 0. The Morgan fingerprint density at radius 1 is 0.553 bits per heavy atom. The van der Waals surface area contributed by atoms with E-state index in [0.29, 0.717) is 0 Å². The summed E-state index contributed by atoms with van der Waals surface area (Å²) in [5.74, 6) is 0.207. The molecule has 3 nitrogen and oxygen atoms in total. The first-order chi connectivity index (χ1) is 18.6. The van der Waals surface area contributed by atoms with E-state index < -0.39 is 0 Å². The van der Waals surface area contributed by atoms with Gasteiger partial charge in [0.2, 0.25) is 0 Å². The van der Waals surface area contributed by atoms with Gasteiger partial charge in [-0.05, 0) is 86.1 Å². The lowest BCUT2D eigenvalue weighted by Crippen LogP contribution is -2.25. The van der Waals surface area contributed by atoms with Gasteiger partial charge in [-0.2, -0.15) is 0 Å². The molecule has 0 N–H and O–H groups in total. The van der Waals surface area contributed by atoms with Crippen LogP contribution in [0.5, 0.6) is 0 Å². The van der Waals surface area contributed by atoms with Gasteiger partial charge < -0.3 is 9.80 Å². The number of nitrogens with zero attached hydrogens (tertiary/aromatic N) is 2. The van der Waals surface area contributed by atoms with E-state index in [1.807, 2.05) is 0 Å². The van der Waals surface area contributed by atoms with E-state index in [4.69, 9.17) is 0 Å². The van der Waals surface area contributed by atoms with Crippen LogP contribution >= 0.6 is 0 Å². The second kappa shape index (κ2) is 16.2. The molecule has 1 aliphatic rings. The molecule has 0 atom stereocenters. The summed E-state index contributed by atoms with van der Waals surface area (Å²) in [6, 6.07) is 17.6. The van der Waals surface area contributed by atoms with E-state index in [1.54, 1.807) is 0 Å². The SMILES string of the molecule is CCCCN(CCCC)c1ccc(/C=C2/CC/C(=C\c3ccc(N(CCCC)CCCC)cc3)C2=O)cc1. The molecular weight excluding hydrogens is 464 g/mol. The van der Waals surface area contributed by atoms with Gasteiger partial charge >= 0.3 is 0 Å². The minimum Gasteiger partial charge on any atom is -0.372 e. The smallest absolute Gasteiger partial charge is 0.185 e. The first kappa shape index (κ1) is 29.7. The molecule has 0 heterocycles. The highest BCUT2D eigenvalue weighted by atomic mass is 16.1. The largest absolute Gasteiger partial charge is 0.372 e. The van der Waals surface area contributed by atoms with E-state index >= 15 is 0 Å². The molecule has 2 aromatic carbocycles. The molecule has 0 amide bonds. The average molecular weight is 515 g/mol. The molecule has 1 aliphatic carbocycles. The zero-order valence-corrected chi connectivity index (χ0v) is 24.5. The number of allylic oxidation sites excluding steroid dienone is 2. The second-order valence-corrected chi connectivity index (χ2v) is 10.7. The molecule has 0 radical (unpaired) electrons. The Hall–Kier alpha value is -2.81. The molecule has 1 fully saturated rings. The van der Waals surface area contributed by atoms with Crippen molar-refractivity contribution in [1.29, 1.82) is 0 Å². The molecule has 0 bridgehead atoms. The number of carbonyl (C=O) groups is 1. The van der Waals surface area contributed by atoms with Crippen molar-refractivity contribution < 1.29 is 4.79 Å². The van der Waals surface area contributed by atoms with Crippen molar-refractivity contribution in [3.05, 3.63) is 70.8 Å². The Balaban J connectivity index is 1.66. The van der Waals surface area contributed by atoms with E-state index in [1.165, 1.54) is 62.7 Å². The van der Waals surface area contributed by atoms with Crippen molar-refractivity contribution >= 4 is 29.3 Å². The predicted molar refractivity (Wildman–Crippen MR) is 167 cm³/mol. The van der Waals surface area contributed by atoms with Crippen LogP contribution in [-0.2, 0) is 4.79 Å². The lowest BCUT2D eigenvalue weighted by atomic mass is 10.1. The molecule has 3 rings (SSSR count). The van der Waals surface area contributed by atoms with Crippen molar-refractivity contribution in [3.63, 3.8) is 0 Å². The second-order valence-electron chi connectivity index (χ2n) is 10.7. The molecule has 3 heteroatoms. The summed E-state index contributed by atoms with van der Waals surface area (Å²) in [5, 5.41) is 0. The maximum atomic E-state index is 13.2. The van der Waals surface area contributed by atoms with Gasteiger partial charge in [-0.15, -0.1) is 0 Å². The summed E-state index contributed by atoms with van der Waals surface area (Å²) in [6.07, 6.45) is 15.6. The van der Waals surface area contributed by atoms with Crippen LogP contribution in [0.2, 0.25) is 0 Å². The zero-order valence-electron chi connectivity index (χ0n) is 24.5. The number of ketones is 1. The zero-order chi connectivity index (χ0) is 27.2. The summed E-state index contributed by atoms with van der Waals surface area (Å²) in [5.41, 5.74) is 6.68. The fourth-order valence-corrected chi connectivity index (χ4v) is 5.08. The van der Waals surface area contributed by atoms with Crippen LogP contribution in [0.25, 0.3) is 12.2 Å². The normalized spacial score (nSPS) is 15.5. The number of Topliss-reactive ketones (excluding diaryl/α,β-unsaturated/α-hetero) is 1. The standard InChI is InChI=1S/C35H50N2O/c1-5-9-23-36(24-10-6-2)33-19-13-29(14-20-33)27-31-17-18-32(35(31)38)28-30-15-21-34(22-16-30)37(25-11-7-3)26-12-8-4/h13-16,19-22,27-28H,5-12,17-18,23-26H2,1-4H3/b31-27-,32-28+. The molecule has 0 unspecified atom stereocenters. The number of carbonyl (C=O) groups excluding carboxylic acids is 1. The van der Waals surface area contributed by atoms with Crippen molar-refractivity contribution in [2.75, 3.05) is 36.0 Å². The number of rotatable bonds is 16. The van der Waals surface area contributed by atoms with Gasteiger partial charge in [0.15, 0.2) is 5.78 Å². The summed E-state index contributed by atoms with van der Waals surface area (Å²) in [7, 11) is 0. The van der Waals surface area contributed by atoms with Crippen LogP contribution in [0.1, 0.15) is 103 Å². The average Bonchev–Trinajstić information content (AvgIpc) is 3.28. The number of unbranched alkanes of at least 4 members (excludes halogenated alkanes) is 4. The first-order valence-corrected chi connectivity index (χ1v) is 15.2. The van der Waals surface area contributed by atoms with Gasteiger partial charge in [-0.1, -0.05) is 77.6 Å². The molecular formula is C35H50N2O. The summed E-state index contributed by atoms with van der Waals surface area (Å²) in [6.45, 7) is 13.4. The highest BCUT2D eigenvalue weighted by molar-refractivity contribution is 6.15. The summed E-state index contributed by atoms with van der Waals surface area (Å²) < 4.78 is 0. The van der Waals surface area contributed by atoms with Gasteiger partial charge in [0.1, 0.15) is 0 Å². The quantitative estimate of drug-likeness (QED) is 0.208. The molecule has 0 aliphatic heterocycles. The molecule has 206 valence electrons. The fraction of sp³-hybridized carbons (Fsp3) is 0.514. The summed E-state index contributed by atoms with van der Waals surface area (Å²) in [4.78, 5) is 18.2. The predicted octanol–water partition coefficient (Wildman–Crippen LogP) is 9.33. The number of benzene rings is 2. The number of anilines is 2. The Labute approximate surface area is 232 Å². The van der Waals surface area contributed by atoms with Crippen molar-refractivity contribution in [2.45, 2.75) is 91.9 Å². The topological polar surface area (TPSA) is 23.6 Å². The molecule has 0 saturated heterocycles. The van der Waals surface area contributed by atoms with E-state index in [2.05, 4.69) is 98.2 Å². The maximum absolute atomic E-state index is 13.2. The van der Waals surface area contributed by atoms with Gasteiger partial charge in [-0.3, -0.25) is 4.79 Å². The third-order valence-corrected chi connectivity index (χ3v) is 7.57. The summed E-state index contributed by atoms with van der Waals surface area (Å²) >= 11 is 0. The van der Waals surface area contributed by atoms with Gasteiger partial charge in [0, 0.05) is 48.7 Å². The Morgan fingerprint density at radius 3 is 1.16 bits per heavy atom. The Bertz CT molecular complexity index is 933. The van der Waals surface area contributed by atoms with Crippen LogP contribution in [-0.4, -0.2) is 32.0 Å². The van der Waals surface area contributed by atoms with Gasteiger partial charge in [-0.25, -0.2) is 0 Å². The van der Waals surface area contributed by atoms with Crippen molar-refractivity contribution in [2.24, 2.45) is 0 Å². The minimum atomic E-state index is 0.207. The van der Waals surface area contributed by atoms with Gasteiger partial charge in [0.05, 0.1) is 0 Å². The fourth-order valence-electron chi connectivity index (χ4n) is 5.08. The van der Waals surface area contributed by atoms with Crippen LogP contribution in [0.3, 0.4) is 0 Å². The molecule has 1 saturated carbocycles. The van der Waals surface area contributed by atoms with Crippen LogP contribution < -0.4 is 9.80 Å². The van der Waals surface area contributed by atoms with Crippen LogP contribution in [0, 0.1) is 0 Å². The third-order valence-electron chi connectivity index (χ3n) is 7.57. The van der Waals surface area contributed by atoms with Crippen molar-refractivity contribution in [3.8, 4) is 0 Å². The number of hydrogen-bond acceptors (Lipinski definition) is 3. The van der Waals surface area contributed by atoms with Gasteiger partial charge in [0.25, 0.3) is 0 Å². The lowest BCUT2D eigenvalue weighted by molar-refractivity contribution is -0.111. The van der Waals surface area contributed by atoms with E-state index in [-0.39, 0.29) is 5.78 Å². The lowest BCUT2D eigenvalue weighted by Gasteiger charge is -2.24. The Kier molecular flexibility index (Phi) is 12.7. The van der Waals surface area contributed by atoms with E-state index in [0.717, 1.165) is 61.3 Å². The maximum Gasteiger partial charge on any atom is 0.185 e.